The molecule has 0 aliphatic carbocycles. The predicted octanol–water partition coefficient (Wildman–Crippen LogP) is 4.38. The van der Waals surface area contributed by atoms with Crippen molar-refractivity contribution in [3.05, 3.63) is 89.2 Å². The summed E-state index contributed by atoms with van der Waals surface area (Å²) in [6, 6.07) is 12.4. The van der Waals surface area contributed by atoms with Crippen LogP contribution in [0.4, 0.5) is 4.39 Å². The Labute approximate surface area is 176 Å². The zero-order valence-corrected chi connectivity index (χ0v) is 16.9. The van der Waals surface area contributed by atoms with Gasteiger partial charge in [0, 0.05) is 23.2 Å². The highest BCUT2D eigenvalue weighted by molar-refractivity contribution is 7.91. The SMILES string of the molecule is O=C(NCc1ccc(S(=O)(=O)c2cc(F)cc(Cl)c2)cc1)c1cc2ccncc2o1. The predicted molar refractivity (Wildman–Crippen MR) is 108 cm³/mol. The molecule has 152 valence electrons. The van der Waals surface area contributed by atoms with Gasteiger partial charge in [0.2, 0.25) is 9.84 Å². The van der Waals surface area contributed by atoms with Gasteiger partial charge in [0.1, 0.15) is 5.82 Å². The average Bonchev–Trinajstić information content (AvgIpc) is 3.16. The van der Waals surface area contributed by atoms with E-state index in [1.807, 2.05) is 0 Å². The molecule has 4 rings (SSSR count). The second kappa shape index (κ2) is 7.89. The Morgan fingerprint density at radius 3 is 2.53 bits per heavy atom. The van der Waals surface area contributed by atoms with E-state index in [1.54, 1.807) is 30.5 Å². The highest BCUT2D eigenvalue weighted by Gasteiger charge is 2.19. The first-order valence-corrected chi connectivity index (χ1v) is 10.6. The molecule has 0 spiro atoms. The van der Waals surface area contributed by atoms with Crippen LogP contribution in [0.15, 0.2) is 81.2 Å². The van der Waals surface area contributed by atoms with Gasteiger partial charge in [-0.05, 0) is 48.0 Å². The number of hydrogen-bond donors (Lipinski definition) is 1. The van der Waals surface area contributed by atoms with Gasteiger partial charge in [0.15, 0.2) is 11.3 Å². The van der Waals surface area contributed by atoms with Crippen LogP contribution >= 0.6 is 11.6 Å². The number of carbonyl (C=O) groups excluding carboxylic acids is 1. The third kappa shape index (κ3) is 4.05. The van der Waals surface area contributed by atoms with E-state index in [0.717, 1.165) is 17.5 Å². The molecule has 2 aromatic carbocycles. The number of nitrogens with zero attached hydrogens (tertiary/aromatic N) is 1. The molecule has 9 heteroatoms. The average molecular weight is 445 g/mol. The summed E-state index contributed by atoms with van der Waals surface area (Å²) in [5, 5.41) is 3.47. The first kappa shape index (κ1) is 20.1. The minimum absolute atomic E-state index is 0.00530. The molecule has 6 nitrogen and oxygen atoms in total. The lowest BCUT2D eigenvalue weighted by atomic mass is 10.2. The molecule has 0 bridgehead atoms. The number of pyridine rings is 1. The quantitative estimate of drug-likeness (QED) is 0.493. The summed E-state index contributed by atoms with van der Waals surface area (Å²) in [6.07, 6.45) is 3.13. The summed E-state index contributed by atoms with van der Waals surface area (Å²) < 4.78 is 44.3. The third-order valence-electron chi connectivity index (χ3n) is 4.38. The van der Waals surface area contributed by atoms with Crippen LogP contribution < -0.4 is 5.32 Å². The molecule has 0 radical (unpaired) electrons. The van der Waals surface area contributed by atoms with Gasteiger partial charge in [0.05, 0.1) is 16.0 Å². The maximum Gasteiger partial charge on any atom is 0.287 e. The van der Waals surface area contributed by atoms with Crippen LogP contribution in [0.3, 0.4) is 0 Å². The Balaban J connectivity index is 1.47. The van der Waals surface area contributed by atoms with Crippen molar-refractivity contribution in [1.82, 2.24) is 10.3 Å². The molecule has 1 N–H and O–H groups in total. The second-order valence-electron chi connectivity index (χ2n) is 6.46. The number of carbonyl (C=O) groups is 1. The van der Waals surface area contributed by atoms with Crippen molar-refractivity contribution in [2.75, 3.05) is 0 Å². The standard InChI is InChI=1S/C21H14ClFN2O4S/c22-15-8-16(23)10-18(9-15)30(27,28)17-3-1-13(2-4-17)11-25-21(26)19-7-14-5-6-24-12-20(14)29-19/h1-10,12H,11H2,(H,25,26). The van der Waals surface area contributed by atoms with E-state index in [2.05, 4.69) is 10.3 Å². The van der Waals surface area contributed by atoms with Gasteiger partial charge in [-0.2, -0.15) is 0 Å². The number of aromatic nitrogens is 1. The highest BCUT2D eigenvalue weighted by Crippen LogP contribution is 2.25. The molecule has 0 atom stereocenters. The summed E-state index contributed by atoms with van der Waals surface area (Å²) in [7, 11) is -3.92. The topological polar surface area (TPSA) is 89.3 Å². The Kier molecular flexibility index (Phi) is 5.27. The molecule has 2 aromatic heterocycles. The van der Waals surface area contributed by atoms with Gasteiger partial charge in [-0.25, -0.2) is 12.8 Å². The van der Waals surface area contributed by atoms with Crippen molar-refractivity contribution in [3.8, 4) is 0 Å². The molecular formula is C21H14ClFN2O4S. The highest BCUT2D eigenvalue weighted by atomic mass is 35.5. The van der Waals surface area contributed by atoms with E-state index in [-0.39, 0.29) is 27.1 Å². The van der Waals surface area contributed by atoms with E-state index < -0.39 is 21.6 Å². The Bertz CT molecular complexity index is 1300. The molecule has 30 heavy (non-hydrogen) atoms. The van der Waals surface area contributed by atoms with Crippen LogP contribution in [0.25, 0.3) is 11.0 Å². The van der Waals surface area contributed by atoms with Crippen LogP contribution in [0, 0.1) is 5.82 Å². The molecule has 0 saturated carbocycles. The van der Waals surface area contributed by atoms with Crippen molar-refractivity contribution in [2.45, 2.75) is 16.3 Å². The lowest BCUT2D eigenvalue weighted by Crippen LogP contribution is -2.22. The molecule has 0 aliphatic heterocycles. The van der Waals surface area contributed by atoms with Crippen LogP contribution in [0.5, 0.6) is 0 Å². The molecular weight excluding hydrogens is 431 g/mol. The minimum Gasteiger partial charge on any atom is -0.449 e. The van der Waals surface area contributed by atoms with E-state index in [4.69, 9.17) is 16.0 Å². The van der Waals surface area contributed by atoms with Crippen molar-refractivity contribution >= 4 is 38.3 Å². The van der Waals surface area contributed by atoms with Gasteiger partial charge in [0.25, 0.3) is 5.91 Å². The number of amides is 1. The minimum atomic E-state index is -3.92. The molecule has 2 heterocycles. The summed E-state index contributed by atoms with van der Waals surface area (Å²) in [5.74, 6) is -0.987. The summed E-state index contributed by atoms with van der Waals surface area (Å²) in [5.41, 5.74) is 1.19. The second-order valence-corrected chi connectivity index (χ2v) is 8.85. The number of fused-ring (bicyclic) bond motifs is 1. The van der Waals surface area contributed by atoms with E-state index in [9.17, 15) is 17.6 Å². The first-order chi connectivity index (χ1) is 14.3. The van der Waals surface area contributed by atoms with Crippen molar-refractivity contribution in [3.63, 3.8) is 0 Å². The van der Waals surface area contributed by atoms with Gasteiger partial charge in [-0.15, -0.1) is 0 Å². The zero-order chi connectivity index (χ0) is 21.3. The van der Waals surface area contributed by atoms with Crippen molar-refractivity contribution in [1.29, 1.82) is 0 Å². The van der Waals surface area contributed by atoms with E-state index >= 15 is 0 Å². The molecule has 0 fully saturated rings. The van der Waals surface area contributed by atoms with Crippen LogP contribution in [0.2, 0.25) is 5.02 Å². The number of benzene rings is 2. The number of nitrogens with one attached hydrogen (secondary N) is 1. The largest absolute Gasteiger partial charge is 0.449 e. The van der Waals surface area contributed by atoms with Crippen LogP contribution in [0.1, 0.15) is 16.1 Å². The maximum absolute atomic E-state index is 13.5. The van der Waals surface area contributed by atoms with Gasteiger partial charge >= 0.3 is 0 Å². The van der Waals surface area contributed by atoms with Crippen LogP contribution in [-0.2, 0) is 16.4 Å². The van der Waals surface area contributed by atoms with E-state index in [1.165, 1.54) is 24.4 Å². The smallest absolute Gasteiger partial charge is 0.287 e. The van der Waals surface area contributed by atoms with Crippen LogP contribution in [-0.4, -0.2) is 19.3 Å². The normalized spacial score (nSPS) is 11.5. The Hall–Kier alpha value is -3.23. The molecule has 4 aromatic rings. The zero-order valence-electron chi connectivity index (χ0n) is 15.3. The van der Waals surface area contributed by atoms with Crippen molar-refractivity contribution in [2.24, 2.45) is 0 Å². The number of halogens is 2. The van der Waals surface area contributed by atoms with Gasteiger partial charge in [-0.3, -0.25) is 9.78 Å². The van der Waals surface area contributed by atoms with Gasteiger partial charge in [-0.1, -0.05) is 23.7 Å². The molecule has 0 unspecified atom stereocenters. The number of hydrogen-bond acceptors (Lipinski definition) is 5. The molecule has 0 aliphatic rings. The maximum atomic E-state index is 13.5. The third-order valence-corrected chi connectivity index (χ3v) is 6.35. The molecule has 1 amide bonds. The van der Waals surface area contributed by atoms with Gasteiger partial charge < -0.3 is 9.73 Å². The summed E-state index contributed by atoms with van der Waals surface area (Å²) >= 11 is 5.76. The summed E-state index contributed by atoms with van der Waals surface area (Å²) in [4.78, 5) is 16.0. The fraction of sp³-hybridized carbons (Fsp3) is 0.0476. The number of rotatable bonds is 5. The molecule has 0 saturated heterocycles. The lowest BCUT2D eigenvalue weighted by Gasteiger charge is -2.08. The lowest BCUT2D eigenvalue weighted by molar-refractivity contribution is 0.0925. The Morgan fingerprint density at radius 1 is 1.07 bits per heavy atom. The number of sulfone groups is 1. The van der Waals surface area contributed by atoms with E-state index in [0.29, 0.717) is 11.1 Å². The van der Waals surface area contributed by atoms with Crippen molar-refractivity contribution < 1.29 is 22.0 Å². The summed E-state index contributed by atoms with van der Waals surface area (Å²) in [6.45, 7) is 0.167. The monoisotopic (exact) mass is 444 g/mol. The first-order valence-electron chi connectivity index (χ1n) is 8.75. The number of furan rings is 1. The fourth-order valence-electron chi connectivity index (χ4n) is 2.87. The Morgan fingerprint density at radius 2 is 1.83 bits per heavy atom. The fourth-order valence-corrected chi connectivity index (χ4v) is 4.47.